The van der Waals surface area contributed by atoms with Crippen LogP contribution < -0.4 is 5.32 Å². The summed E-state index contributed by atoms with van der Waals surface area (Å²) in [5.74, 6) is -1.02. The largest absolute Gasteiger partial charge is 0.480 e. The molecule has 2 N–H and O–H groups in total. The van der Waals surface area contributed by atoms with E-state index >= 15 is 0 Å². The lowest BCUT2D eigenvalue weighted by atomic mass is 10.3. The van der Waals surface area contributed by atoms with E-state index in [1.54, 1.807) is 0 Å². The maximum Gasteiger partial charge on any atom is 0.320 e. The van der Waals surface area contributed by atoms with Crippen molar-refractivity contribution in [2.24, 2.45) is 5.11 Å². The third-order valence-electron chi connectivity index (χ3n) is 0.974. The standard InChI is InChI=1S/C4H8N4O2/c1-6-3(4(9)10)2-7-8-5/h3,6H,2H2,1H3,(H,9,10). The van der Waals surface area contributed by atoms with Gasteiger partial charge >= 0.3 is 5.97 Å². The molecule has 0 aliphatic heterocycles. The molecule has 0 rings (SSSR count). The Labute approximate surface area is 57.5 Å². The van der Waals surface area contributed by atoms with Gasteiger partial charge < -0.3 is 10.4 Å². The van der Waals surface area contributed by atoms with Gasteiger partial charge in [-0.15, -0.1) is 0 Å². The molecular weight excluding hydrogens is 136 g/mol. The highest BCUT2D eigenvalue weighted by Gasteiger charge is 2.11. The molecule has 56 valence electrons. The number of hydrogen-bond acceptors (Lipinski definition) is 3. The lowest BCUT2D eigenvalue weighted by Gasteiger charge is -2.05. The normalized spacial score (nSPS) is 11.7. The number of azide groups is 1. The van der Waals surface area contributed by atoms with Crippen molar-refractivity contribution in [1.82, 2.24) is 5.32 Å². The number of rotatable bonds is 4. The molecule has 0 aromatic carbocycles. The van der Waals surface area contributed by atoms with Crippen LogP contribution in [0.5, 0.6) is 0 Å². The fourth-order valence-corrected chi connectivity index (χ4v) is 0.411. The fraction of sp³-hybridized carbons (Fsp3) is 0.750. The first kappa shape index (κ1) is 8.74. The molecule has 0 aliphatic carbocycles. The van der Waals surface area contributed by atoms with Gasteiger partial charge in [-0.1, -0.05) is 5.11 Å². The van der Waals surface area contributed by atoms with Crippen molar-refractivity contribution in [3.05, 3.63) is 10.4 Å². The summed E-state index contributed by atoms with van der Waals surface area (Å²) in [7, 11) is 1.49. The third kappa shape index (κ3) is 2.91. The van der Waals surface area contributed by atoms with Gasteiger partial charge in [0.1, 0.15) is 6.04 Å². The quantitative estimate of drug-likeness (QED) is 0.329. The maximum atomic E-state index is 10.2. The van der Waals surface area contributed by atoms with Crippen LogP contribution in [0.1, 0.15) is 0 Å². The van der Waals surface area contributed by atoms with Crippen LogP contribution >= 0.6 is 0 Å². The molecule has 10 heavy (non-hydrogen) atoms. The molecule has 0 saturated heterocycles. The second kappa shape index (κ2) is 4.60. The molecule has 0 radical (unpaired) electrons. The Morgan fingerprint density at radius 1 is 2.00 bits per heavy atom. The first-order valence-corrected chi connectivity index (χ1v) is 2.63. The second-order valence-corrected chi connectivity index (χ2v) is 1.59. The Balaban J connectivity index is 3.82. The van der Waals surface area contributed by atoms with Crippen LogP contribution in [0.3, 0.4) is 0 Å². The van der Waals surface area contributed by atoms with E-state index in [1.807, 2.05) is 0 Å². The third-order valence-corrected chi connectivity index (χ3v) is 0.974. The lowest BCUT2D eigenvalue weighted by Crippen LogP contribution is -2.36. The number of carboxylic acids is 1. The number of carbonyl (C=O) groups is 1. The number of carboxylic acid groups (broad SMARTS) is 1. The summed E-state index contributed by atoms with van der Waals surface area (Å²) >= 11 is 0. The second-order valence-electron chi connectivity index (χ2n) is 1.59. The molecule has 0 heterocycles. The minimum Gasteiger partial charge on any atom is -0.480 e. The average molecular weight is 144 g/mol. The molecule has 0 aromatic heterocycles. The summed E-state index contributed by atoms with van der Waals surface area (Å²) in [6.45, 7) is -0.0671. The van der Waals surface area contributed by atoms with Gasteiger partial charge in [-0.3, -0.25) is 4.79 Å². The highest BCUT2D eigenvalue weighted by molar-refractivity contribution is 5.73. The molecule has 1 atom stereocenters. The van der Waals surface area contributed by atoms with Gasteiger partial charge in [-0.05, 0) is 12.6 Å². The smallest absolute Gasteiger partial charge is 0.320 e. The fourth-order valence-electron chi connectivity index (χ4n) is 0.411. The zero-order chi connectivity index (χ0) is 7.98. The average Bonchev–Trinajstić information content (AvgIpc) is 1.89. The Morgan fingerprint density at radius 2 is 2.60 bits per heavy atom. The van der Waals surface area contributed by atoms with Gasteiger partial charge in [-0.2, -0.15) is 0 Å². The predicted octanol–water partition coefficient (Wildman–Crippen LogP) is -0.0307. The van der Waals surface area contributed by atoms with Crippen LogP contribution in [0.15, 0.2) is 5.11 Å². The van der Waals surface area contributed by atoms with Crippen molar-refractivity contribution in [1.29, 1.82) is 0 Å². The molecule has 0 aromatic rings. The number of likely N-dealkylation sites (N-methyl/N-ethyl adjacent to an activating group) is 1. The van der Waals surface area contributed by atoms with Crippen molar-refractivity contribution in [3.63, 3.8) is 0 Å². The van der Waals surface area contributed by atoms with E-state index in [4.69, 9.17) is 10.6 Å². The van der Waals surface area contributed by atoms with E-state index in [0.29, 0.717) is 0 Å². The Kier molecular flexibility index (Phi) is 4.02. The van der Waals surface area contributed by atoms with Crippen LogP contribution in [0.25, 0.3) is 10.4 Å². The summed E-state index contributed by atoms with van der Waals surface area (Å²) in [5.41, 5.74) is 7.83. The van der Waals surface area contributed by atoms with Crippen LogP contribution in [0.2, 0.25) is 0 Å². The molecule has 1 unspecified atom stereocenters. The molecular formula is C4H8N4O2. The number of nitrogens with zero attached hydrogens (tertiary/aromatic N) is 3. The highest BCUT2D eigenvalue weighted by atomic mass is 16.4. The molecule has 0 fully saturated rings. The van der Waals surface area contributed by atoms with E-state index < -0.39 is 12.0 Å². The van der Waals surface area contributed by atoms with E-state index in [-0.39, 0.29) is 6.54 Å². The van der Waals surface area contributed by atoms with Crippen molar-refractivity contribution in [3.8, 4) is 0 Å². The Hall–Kier alpha value is -1.26. The van der Waals surface area contributed by atoms with E-state index in [1.165, 1.54) is 7.05 Å². The Bertz CT molecular complexity index is 163. The molecule has 6 nitrogen and oxygen atoms in total. The van der Waals surface area contributed by atoms with Gasteiger partial charge in [0.25, 0.3) is 0 Å². The Morgan fingerprint density at radius 3 is 2.90 bits per heavy atom. The van der Waals surface area contributed by atoms with Crippen molar-refractivity contribution in [2.45, 2.75) is 6.04 Å². The topological polar surface area (TPSA) is 98.1 Å². The first-order valence-electron chi connectivity index (χ1n) is 2.63. The SMILES string of the molecule is CNC(CN=[N+]=[N-])C(=O)O. The van der Waals surface area contributed by atoms with Crippen molar-refractivity contribution >= 4 is 5.97 Å². The van der Waals surface area contributed by atoms with E-state index in [2.05, 4.69) is 15.3 Å². The number of aliphatic carboxylic acids is 1. The number of nitrogens with one attached hydrogen (secondary N) is 1. The number of hydrogen-bond donors (Lipinski definition) is 2. The summed E-state index contributed by atoms with van der Waals surface area (Å²) in [5, 5.41) is 13.9. The zero-order valence-corrected chi connectivity index (χ0v) is 5.48. The molecule has 0 spiro atoms. The van der Waals surface area contributed by atoms with E-state index in [0.717, 1.165) is 0 Å². The highest BCUT2D eigenvalue weighted by Crippen LogP contribution is 1.83. The molecule has 6 heteroatoms. The first-order chi connectivity index (χ1) is 4.72. The van der Waals surface area contributed by atoms with E-state index in [9.17, 15) is 4.79 Å². The van der Waals surface area contributed by atoms with Gasteiger partial charge in [0.2, 0.25) is 0 Å². The van der Waals surface area contributed by atoms with Gasteiger partial charge in [0, 0.05) is 4.91 Å². The molecule has 0 saturated carbocycles. The summed E-state index contributed by atoms with van der Waals surface area (Å²) in [4.78, 5) is 12.6. The molecule has 0 bridgehead atoms. The van der Waals surface area contributed by atoms with Gasteiger partial charge in [0.15, 0.2) is 0 Å². The van der Waals surface area contributed by atoms with Crippen molar-refractivity contribution < 1.29 is 9.90 Å². The van der Waals surface area contributed by atoms with Gasteiger partial charge in [-0.25, -0.2) is 0 Å². The van der Waals surface area contributed by atoms with Crippen LogP contribution in [-0.4, -0.2) is 30.7 Å². The lowest BCUT2D eigenvalue weighted by molar-refractivity contribution is -0.139. The minimum absolute atomic E-state index is 0.0671. The van der Waals surface area contributed by atoms with Crippen LogP contribution in [-0.2, 0) is 4.79 Å². The monoisotopic (exact) mass is 144 g/mol. The minimum atomic E-state index is -1.02. The zero-order valence-electron chi connectivity index (χ0n) is 5.48. The van der Waals surface area contributed by atoms with Crippen LogP contribution in [0.4, 0.5) is 0 Å². The molecule has 0 amide bonds. The van der Waals surface area contributed by atoms with Gasteiger partial charge in [0.05, 0.1) is 6.54 Å². The predicted molar refractivity (Wildman–Crippen MR) is 34.5 cm³/mol. The van der Waals surface area contributed by atoms with Crippen molar-refractivity contribution in [2.75, 3.05) is 13.6 Å². The summed E-state index contributed by atoms with van der Waals surface area (Å²) < 4.78 is 0. The summed E-state index contributed by atoms with van der Waals surface area (Å²) in [6, 6.07) is -0.782. The van der Waals surface area contributed by atoms with Crippen LogP contribution in [0, 0.1) is 0 Å². The maximum absolute atomic E-state index is 10.2. The molecule has 0 aliphatic rings. The summed E-state index contributed by atoms with van der Waals surface area (Å²) in [6.07, 6.45) is 0.